The van der Waals surface area contributed by atoms with Gasteiger partial charge >= 0.3 is 7.60 Å². The zero-order chi connectivity index (χ0) is 12.6. The molecule has 0 atom stereocenters. The second kappa shape index (κ2) is 8.07. The molecule has 0 saturated carbocycles. The van der Waals surface area contributed by atoms with Gasteiger partial charge in [0.2, 0.25) is 0 Å². The Morgan fingerprint density at radius 2 is 1.21 bits per heavy atom. The van der Waals surface area contributed by atoms with Crippen LogP contribution in [0, 0.1) is 0 Å². The molecule has 0 aromatic rings. The van der Waals surface area contributed by atoms with E-state index in [9.17, 15) is 17.8 Å². The summed E-state index contributed by atoms with van der Waals surface area (Å²) in [5.74, 6) is 0.167. The minimum Gasteiger partial charge on any atom is -0.325 e. The van der Waals surface area contributed by atoms with Crippen molar-refractivity contribution >= 4 is 23.5 Å². The van der Waals surface area contributed by atoms with E-state index in [2.05, 4.69) is 0 Å². The van der Waals surface area contributed by atoms with Crippen molar-refractivity contribution in [1.29, 1.82) is 0 Å². The molecule has 88 valence electrons. The summed E-state index contributed by atoms with van der Waals surface area (Å²) in [6.45, 7) is 3.91. The van der Waals surface area contributed by atoms with Gasteiger partial charge < -0.3 is 14.6 Å². The van der Waals surface area contributed by atoms with E-state index in [-0.39, 0.29) is 5.78 Å². The van der Waals surface area contributed by atoms with Gasteiger partial charge in [0.05, 0.1) is 6.26 Å². The molecule has 14 heavy (non-hydrogen) atoms. The predicted molar refractivity (Wildman–Crippen MR) is 51.8 cm³/mol. The third kappa shape index (κ3) is 18500. The normalized spacial score (nSPS) is 10.2. The first kappa shape index (κ1) is 19.3. The quantitative estimate of drug-likeness (QED) is 0.404. The van der Waals surface area contributed by atoms with E-state index in [4.69, 9.17) is 14.3 Å². The average Bonchev–Trinajstić information content (AvgIpc) is 1.45. The van der Waals surface area contributed by atoms with Crippen LogP contribution in [0.5, 0.6) is 0 Å². The Kier molecular flexibility index (Phi) is 11.1. The van der Waals surface area contributed by atoms with Crippen molar-refractivity contribution in [2.45, 2.75) is 13.8 Å². The lowest BCUT2D eigenvalue weighted by Crippen LogP contribution is -1.88. The molecule has 0 heterocycles. The van der Waals surface area contributed by atoms with E-state index in [1.807, 2.05) is 0 Å². The Morgan fingerprint density at radius 3 is 1.21 bits per heavy atom. The summed E-state index contributed by atoms with van der Waals surface area (Å²) in [5.41, 5.74) is 0. The average molecular weight is 250 g/mol. The first-order valence-corrected chi connectivity index (χ1v) is 7.07. The van der Waals surface area contributed by atoms with E-state index in [0.717, 1.165) is 6.66 Å². The van der Waals surface area contributed by atoms with Gasteiger partial charge in [0.1, 0.15) is 5.78 Å². The van der Waals surface area contributed by atoms with Gasteiger partial charge in [-0.25, -0.2) is 0 Å². The molecule has 3 N–H and O–H groups in total. The van der Waals surface area contributed by atoms with Crippen LogP contribution in [0.2, 0.25) is 0 Å². The summed E-state index contributed by atoms with van der Waals surface area (Å²) in [6.07, 6.45) is 0.715. The molecule has 0 spiro atoms. The second-order valence-corrected chi connectivity index (χ2v) is 5.61. The monoisotopic (exact) mass is 250 g/mol. The number of Topliss-reactive ketones (excluding diaryl/α,β-unsaturated/α-hetero) is 1. The number of carbonyl (C=O) groups is 1. The fourth-order valence-corrected chi connectivity index (χ4v) is 0. The Balaban J connectivity index is -0.000000131. The molecule has 0 unspecified atom stereocenters. The standard InChI is InChI=1S/C3H6O.CH5O3P.CH4O3S/c1-3(2)4;2*1-5(2,3)4/h1-2H3;1H3,(H2,2,3,4);1H3,(H,2,3,4). The highest BCUT2D eigenvalue weighted by Gasteiger charge is 1.95. The molecule has 0 fully saturated rings. The highest BCUT2D eigenvalue weighted by Crippen LogP contribution is 2.26. The molecule has 0 saturated heterocycles. The number of ketones is 1. The topological polar surface area (TPSA) is 129 Å². The van der Waals surface area contributed by atoms with Gasteiger partial charge in [0.15, 0.2) is 0 Å². The first-order chi connectivity index (χ1) is 5.73. The molecule has 0 aromatic carbocycles. The molecule has 0 aliphatic heterocycles. The molecule has 9 heteroatoms. The third-order valence-electron chi connectivity index (χ3n) is 0. The van der Waals surface area contributed by atoms with Crippen LogP contribution in [0.3, 0.4) is 0 Å². The predicted octanol–water partition coefficient (Wildman–Crippen LogP) is -0.107. The van der Waals surface area contributed by atoms with Crippen molar-refractivity contribution in [3.05, 3.63) is 0 Å². The van der Waals surface area contributed by atoms with Gasteiger partial charge in [-0.2, -0.15) is 8.42 Å². The van der Waals surface area contributed by atoms with Crippen LogP contribution in [0.15, 0.2) is 0 Å². The molecule has 0 aliphatic rings. The lowest BCUT2D eigenvalue weighted by atomic mass is 10.6. The van der Waals surface area contributed by atoms with E-state index in [0.29, 0.717) is 6.26 Å². The van der Waals surface area contributed by atoms with Crippen molar-refractivity contribution in [2.24, 2.45) is 0 Å². The van der Waals surface area contributed by atoms with Crippen LogP contribution in [-0.2, 0) is 19.5 Å². The molecule has 0 radical (unpaired) electrons. The smallest absolute Gasteiger partial charge is 0.322 e. The Morgan fingerprint density at radius 1 is 1.21 bits per heavy atom. The molecule has 0 bridgehead atoms. The van der Waals surface area contributed by atoms with E-state index >= 15 is 0 Å². The van der Waals surface area contributed by atoms with Crippen LogP contribution >= 0.6 is 7.60 Å². The van der Waals surface area contributed by atoms with Crippen LogP contribution in [-0.4, -0.2) is 41.5 Å². The highest BCUT2D eigenvalue weighted by atomic mass is 32.2. The fraction of sp³-hybridized carbons (Fsp3) is 0.800. The highest BCUT2D eigenvalue weighted by molar-refractivity contribution is 7.85. The van der Waals surface area contributed by atoms with Gasteiger partial charge in [-0.05, 0) is 13.8 Å². The summed E-state index contributed by atoms with van der Waals surface area (Å²) in [4.78, 5) is 24.7. The SMILES string of the molecule is CC(C)=O.CP(=O)(O)O.CS(=O)(=O)O. The summed E-state index contributed by atoms with van der Waals surface area (Å²) in [5, 5.41) is 0. The van der Waals surface area contributed by atoms with Crippen LogP contribution in [0.4, 0.5) is 0 Å². The summed E-state index contributed by atoms with van der Waals surface area (Å²) in [7, 11) is -7.31. The van der Waals surface area contributed by atoms with Gasteiger partial charge in [-0.1, -0.05) is 0 Å². The minimum absolute atomic E-state index is 0.167. The van der Waals surface area contributed by atoms with Crippen molar-refractivity contribution in [1.82, 2.24) is 0 Å². The number of hydrogen-bond donors (Lipinski definition) is 3. The van der Waals surface area contributed by atoms with Crippen molar-refractivity contribution in [2.75, 3.05) is 12.9 Å². The van der Waals surface area contributed by atoms with Crippen LogP contribution in [0.1, 0.15) is 13.8 Å². The Bertz CT molecular complexity index is 267. The third-order valence-corrected chi connectivity index (χ3v) is 0. The maximum Gasteiger partial charge on any atom is 0.322 e. The van der Waals surface area contributed by atoms with Crippen LogP contribution < -0.4 is 0 Å². The summed E-state index contributed by atoms with van der Waals surface area (Å²) in [6, 6.07) is 0. The molecular weight excluding hydrogens is 235 g/mol. The van der Waals surface area contributed by atoms with Crippen LogP contribution in [0.25, 0.3) is 0 Å². The van der Waals surface area contributed by atoms with Crippen molar-refractivity contribution < 1.29 is 32.1 Å². The van der Waals surface area contributed by atoms with Gasteiger partial charge in [-0.15, -0.1) is 0 Å². The maximum absolute atomic E-state index is 9.44. The molecule has 0 amide bonds. The Labute approximate surface area is 83.1 Å². The van der Waals surface area contributed by atoms with Crippen molar-refractivity contribution in [3.63, 3.8) is 0 Å². The van der Waals surface area contributed by atoms with E-state index in [1.165, 1.54) is 13.8 Å². The molecule has 7 nitrogen and oxygen atoms in total. The van der Waals surface area contributed by atoms with Gasteiger partial charge in [0.25, 0.3) is 10.1 Å². The maximum atomic E-state index is 9.44. The zero-order valence-corrected chi connectivity index (χ0v) is 10.0. The molecule has 0 aromatic heterocycles. The van der Waals surface area contributed by atoms with Gasteiger partial charge in [-0.3, -0.25) is 9.12 Å². The summed E-state index contributed by atoms with van der Waals surface area (Å²) < 4.78 is 35.2. The molecular formula is C5H15O7PS. The summed E-state index contributed by atoms with van der Waals surface area (Å²) >= 11 is 0. The lowest BCUT2D eigenvalue weighted by Gasteiger charge is -1.84. The largest absolute Gasteiger partial charge is 0.325 e. The first-order valence-electron chi connectivity index (χ1n) is 3.16. The Hall–Kier alpha value is -0.270. The fourth-order valence-electron chi connectivity index (χ4n) is 0. The number of carbonyl (C=O) groups excluding carboxylic acids is 1. The van der Waals surface area contributed by atoms with E-state index in [1.54, 1.807) is 0 Å². The zero-order valence-electron chi connectivity index (χ0n) is 8.33. The second-order valence-electron chi connectivity index (χ2n) is 2.48. The van der Waals surface area contributed by atoms with Crippen molar-refractivity contribution in [3.8, 4) is 0 Å². The molecule has 0 rings (SSSR count). The number of rotatable bonds is 0. The van der Waals surface area contributed by atoms with E-state index < -0.39 is 17.7 Å². The minimum atomic E-state index is -3.67. The molecule has 0 aliphatic carbocycles. The van der Waals surface area contributed by atoms with Gasteiger partial charge in [0, 0.05) is 6.66 Å². The lowest BCUT2D eigenvalue weighted by molar-refractivity contribution is -0.115. The number of hydrogen-bond acceptors (Lipinski definition) is 4.